The monoisotopic (exact) mass is 154 g/mol. The second-order valence-electron chi connectivity index (χ2n) is 3.34. The van der Waals surface area contributed by atoms with Gasteiger partial charge in [0.15, 0.2) is 0 Å². The molecule has 0 saturated heterocycles. The molecule has 0 bridgehead atoms. The summed E-state index contributed by atoms with van der Waals surface area (Å²) in [6.45, 7) is 0.267. The lowest BCUT2D eigenvalue weighted by Gasteiger charge is -2.36. The second kappa shape index (κ2) is 3.21. The molecular weight excluding hydrogens is 140 g/mol. The molecule has 0 aliphatic heterocycles. The molecule has 0 radical (unpaired) electrons. The molecule has 0 spiro atoms. The average Bonchev–Trinajstić information content (AvgIpc) is 1.96. The Morgan fingerprint density at radius 3 is 2.55 bits per heavy atom. The van der Waals surface area contributed by atoms with Crippen LogP contribution in [0, 0.1) is 16.7 Å². The van der Waals surface area contributed by atoms with Gasteiger partial charge in [-0.3, -0.25) is 0 Å². The van der Waals surface area contributed by atoms with E-state index in [0.717, 1.165) is 19.3 Å². The SMILES string of the molecule is N#CC1(C[C@H](O)CN)CCC1. The van der Waals surface area contributed by atoms with Crippen molar-refractivity contribution in [2.24, 2.45) is 11.1 Å². The van der Waals surface area contributed by atoms with Crippen molar-refractivity contribution in [3.63, 3.8) is 0 Å². The second-order valence-corrected chi connectivity index (χ2v) is 3.34. The van der Waals surface area contributed by atoms with Crippen LogP contribution in [-0.4, -0.2) is 17.8 Å². The summed E-state index contributed by atoms with van der Waals surface area (Å²) in [6, 6.07) is 2.26. The third-order valence-electron chi connectivity index (χ3n) is 2.45. The summed E-state index contributed by atoms with van der Waals surface area (Å²) in [5.41, 5.74) is 5.02. The molecular formula is C8H14N2O. The summed E-state index contributed by atoms with van der Waals surface area (Å²) >= 11 is 0. The Morgan fingerprint density at radius 1 is 1.64 bits per heavy atom. The first kappa shape index (κ1) is 8.51. The molecule has 0 heterocycles. The highest BCUT2D eigenvalue weighted by Gasteiger charge is 2.38. The van der Waals surface area contributed by atoms with Crippen LogP contribution in [0.5, 0.6) is 0 Å². The summed E-state index contributed by atoms with van der Waals surface area (Å²) in [4.78, 5) is 0. The Morgan fingerprint density at radius 2 is 2.27 bits per heavy atom. The number of nitriles is 1. The van der Waals surface area contributed by atoms with Gasteiger partial charge in [-0.2, -0.15) is 5.26 Å². The molecule has 3 heteroatoms. The summed E-state index contributed by atoms with van der Waals surface area (Å²) in [5.74, 6) is 0. The van der Waals surface area contributed by atoms with Crippen molar-refractivity contribution in [2.75, 3.05) is 6.54 Å². The minimum Gasteiger partial charge on any atom is -0.392 e. The van der Waals surface area contributed by atoms with E-state index in [9.17, 15) is 5.11 Å². The molecule has 3 nitrogen and oxygen atoms in total. The number of aliphatic hydroxyl groups is 1. The molecule has 1 saturated carbocycles. The van der Waals surface area contributed by atoms with Crippen LogP contribution in [0.3, 0.4) is 0 Å². The molecule has 0 aromatic heterocycles. The van der Waals surface area contributed by atoms with Gasteiger partial charge in [0.05, 0.1) is 17.6 Å². The van der Waals surface area contributed by atoms with Crippen LogP contribution in [-0.2, 0) is 0 Å². The smallest absolute Gasteiger partial charge is 0.0690 e. The number of rotatable bonds is 3. The summed E-state index contributed by atoms with van der Waals surface area (Å²) < 4.78 is 0. The molecule has 3 N–H and O–H groups in total. The highest BCUT2D eigenvalue weighted by atomic mass is 16.3. The number of nitrogens with two attached hydrogens (primary N) is 1. The Kier molecular flexibility index (Phi) is 2.48. The van der Waals surface area contributed by atoms with Crippen molar-refractivity contribution in [1.29, 1.82) is 5.26 Å². The van der Waals surface area contributed by atoms with Crippen LogP contribution in [0.1, 0.15) is 25.7 Å². The zero-order chi connectivity index (χ0) is 8.32. The summed E-state index contributed by atoms with van der Waals surface area (Å²) in [5, 5.41) is 18.0. The highest BCUT2D eigenvalue weighted by molar-refractivity contribution is 5.05. The molecule has 0 unspecified atom stereocenters. The van der Waals surface area contributed by atoms with Gasteiger partial charge in [-0.1, -0.05) is 6.42 Å². The first-order chi connectivity index (χ1) is 5.22. The van der Waals surface area contributed by atoms with Gasteiger partial charge in [0.1, 0.15) is 0 Å². The van der Waals surface area contributed by atoms with E-state index in [0.29, 0.717) is 6.42 Å². The predicted octanol–water partition coefficient (Wildman–Crippen LogP) is 0.390. The maximum atomic E-state index is 9.21. The standard InChI is InChI=1S/C8H14N2O/c9-5-7(11)4-8(6-10)2-1-3-8/h7,11H,1-5,9H2/t7-/m0/s1. The average molecular weight is 154 g/mol. The van der Waals surface area contributed by atoms with E-state index >= 15 is 0 Å². The van der Waals surface area contributed by atoms with E-state index in [1.807, 2.05) is 0 Å². The van der Waals surface area contributed by atoms with Crippen molar-refractivity contribution in [1.82, 2.24) is 0 Å². The molecule has 0 aromatic carbocycles. The first-order valence-corrected chi connectivity index (χ1v) is 4.02. The lowest BCUT2D eigenvalue weighted by Crippen LogP contribution is -2.34. The lowest BCUT2D eigenvalue weighted by molar-refractivity contribution is 0.0859. The molecule has 1 rings (SSSR count). The third kappa shape index (κ3) is 1.70. The van der Waals surface area contributed by atoms with Crippen LogP contribution in [0.2, 0.25) is 0 Å². The Bertz CT molecular complexity index is 169. The van der Waals surface area contributed by atoms with Gasteiger partial charge in [0.25, 0.3) is 0 Å². The third-order valence-corrected chi connectivity index (χ3v) is 2.45. The lowest BCUT2D eigenvalue weighted by atomic mass is 9.67. The van der Waals surface area contributed by atoms with E-state index in [1.54, 1.807) is 0 Å². The van der Waals surface area contributed by atoms with Crippen molar-refractivity contribution >= 4 is 0 Å². The van der Waals surface area contributed by atoms with E-state index in [1.165, 1.54) is 0 Å². The fourth-order valence-electron chi connectivity index (χ4n) is 1.50. The van der Waals surface area contributed by atoms with Crippen LogP contribution in [0.4, 0.5) is 0 Å². The fraction of sp³-hybridized carbons (Fsp3) is 0.875. The van der Waals surface area contributed by atoms with Crippen LogP contribution in [0.15, 0.2) is 0 Å². The van der Waals surface area contributed by atoms with Gasteiger partial charge in [-0.25, -0.2) is 0 Å². The molecule has 0 amide bonds. The maximum absolute atomic E-state index is 9.21. The minimum absolute atomic E-state index is 0.237. The Balaban J connectivity index is 2.40. The Hall–Kier alpha value is -0.590. The van der Waals surface area contributed by atoms with Gasteiger partial charge in [-0.05, 0) is 19.3 Å². The molecule has 0 aromatic rings. The van der Waals surface area contributed by atoms with Crippen molar-refractivity contribution in [3.05, 3.63) is 0 Å². The number of hydrogen-bond donors (Lipinski definition) is 2. The van der Waals surface area contributed by atoms with Crippen LogP contribution < -0.4 is 5.73 Å². The topological polar surface area (TPSA) is 70.0 Å². The van der Waals surface area contributed by atoms with Crippen molar-refractivity contribution < 1.29 is 5.11 Å². The van der Waals surface area contributed by atoms with Crippen LogP contribution in [0.25, 0.3) is 0 Å². The molecule has 1 atom stereocenters. The van der Waals surface area contributed by atoms with Crippen molar-refractivity contribution in [3.8, 4) is 6.07 Å². The molecule has 11 heavy (non-hydrogen) atoms. The van der Waals surface area contributed by atoms with E-state index in [-0.39, 0.29) is 12.0 Å². The van der Waals surface area contributed by atoms with Gasteiger partial charge >= 0.3 is 0 Å². The largest absolute Gasteiger partial charge is 0.392 e. The highest BCUT2D eigenvalue weighted by Crippen LogP contribution is 2.43. The quantitative estimate of drug-likeness (QED) is 0.617. The van der Waals surface area contributed by atoms with Gasteiger partial charge in [0, 0.05) is 6.54 Å². The van der Waals surface area contributed by atoms with E-state index in [2.05, 4.69) is 6.07 Å². The zero-order valence-electron chi connectivity index (χ0n) is 6.58. The summed E-state index contributed by atoms with van der Waals surface area (Å²) in [7, 11) is 0. The van der Waals surface area contributed by atoms with E-state index < -0.39 is 6.10 Å². The zero-order valence-corrected chi connectivity index (χ0v) is 6.58. The maximum Gasteiger partial charge on any atom is 0.0690 e. The normalized spacial score (nSPS) is 23.4. The number of aliphatic hydroxyl groups excluding tert-OH is 1. The van der Waals surface area contributed by atoms with E-state index in [4.69, 9.17) is 11.0 Å². The van der Waals surface area contributed by atoms with Crippen LogP contribution >= 0.6 is 0 Å². The molecule has 1 fully saturated rings. The van der Waals surface area contributed by atoms with Gasteiger partial charge < -0.3 is 10.8 Å². The summed E-state index contributed by atoms with van der Waals surface area (Å²) in [6.07, 6.45) is 3.04. The number of hydrogen-bond acceptors (Lipinski definition) is 3. The van der Waals surface area contributed by atoms with Gasteiger partial charge in [-0.15, -0.1) is 0 Å². The van der Waals surface area contributed by atoms with Gasteiger partial charge in [0.2, 0.25) is 0 Å². The minimum atomic E-state index is -0.491. The molecule has 62 valence electrons. The first-order valence-electron chi connectivity index (χ1n) is 4.02. The Labute approximate surface area is 66.8 Å². The van der Waals surface area contributed by atoms with Crippen molar-refractivity contribution in [2.45, 2.75) is 31.8 Å². The molecule has 1 aliphatic carbocycles. The molecule has 1 aliphatic rings. The fourth-order valence-corrected chi connectivity index (χ4v) is 1.50. The predicted molar refractivity (Wildman–Crippen MR) is 41.6 cm³/mol. The number of nitrogens with zero attached hydrogens (tertiary/aromatic N) is 1.